The van der Waals surface area contributed by atoms with Gasteiger partial charge in [-0.25, -0.2) is 26.7 Å². The third-order valence-corrected chi connectivity index (χ3v) is 2.70. The number of ether oxygens (including phenoxy) is 1. The van der Waals surface area contributed by atoms with Crippen LogP contribution in [0.5, 0.6) is 0 Å². The lowest BCUT2D eigenvalue weighted by Gasteiger charge is -2.15. The van der Waals surface area contributed by atoms with Crippen LogP contribution in [0.1, 0.15) is 18.9 Å². The molecular formula is C13H10F5NO5. The molecule has 1 unspecified atom stereocenters. The fraction of sp³-hybridized carbons (Fsp3) is 0.308. The first-order valence-corrected chi connectivity index (χ1v) is 6.22. The van der Waals surface area contributed by atoms with Gasteiger partial charge in [-0.3, -0.25) is 9.59 Å². The highest BCUT2D eigenvalue weighted by Gasteiger charge is 2.28. The molecule has 0 aliphatic carbocycles. The topological polar surface area (TPSA) is 92.7 Å². The van der Waals surface area contributed by atoms with Crippen molar-refractivity contribution < 1.29 is 46.2 Å². The number of carbonyl (C=O) groups is 3. The summed E-state index contributed by atoms with van der Waals surface area (Å²) in [4.78, 5) is 33.1. The highest BCUT2D eigenvalue weighted by Crippen LogP contribution is 2.23. The average molecular weight is 355 g/mol. The Labute approximate surface area is 131 Å². The fourth-order valence-corrected chi connectivity index (χ4v) is 1.63. The van der Waals surface area contributed by atoms with Gasteiger partial charge in [-0.15, -0.1) is 0 Å². The van der Waals surface area contributed by atoms with E-state index in [4.69, 9.17) is 5.11 Å². The zero-order chi connectivity index (χ0) is 18.6. The minimum Gasteiger partial charge on any atom is -0.481 e. The molecule has 2 N–H and O–H groups in total. The van der Waals surface area contributed by atoms with E-state index >= 15 is 0 Å². The number of carboxylic acids is 1. The molecule has 6 nitrogen and oxygen atoms in total. The van der Waals surface area contributed by atoms with E-state index in [2.05, 4.69) is 4.74 Å². The van der Waals surface area contributed by atoms with Gasteiger partial charge in [0.25, 0.3) is 0 Å². The van der Waals surface area contributed by atoms with Gasteiger partial charge in [-0.1, -0.05) is 0 Å². The molecule has 0 aliphatic heterocycles. The van der Waals surface area contributed by atoms with Crippen molar-refractivity contribution in [3.8, 4) is 0 Å². The number of aliphatic carboxylic acids is 1. The smallest absolute Gasteiger partial charge is 0.329 e. The van der Waals surface area contributed by atoms with Gasteiger partial charge >= 0.3 is 11.9 Å². The first-order valence-electron chi connectivity index (χ1n) is 6.22. The molecule has 1 atom stereocenters. The Morgan fingerprint density at radius 1 is 1.00 bits per heavy atom. The third-order valence-electron chi connectivity index (χ3n) is 2.70. The summed E-state index contributed by atoms with van der Waals surface area (Å²) in [6, 6.07) is -1.69. The number of benzene rings is 1. The first kappa shape index (κ1) is 19.3. The normalized spacial score (nSPS) is 11.8. The van der Waals surface area contributed by atoms with E-state index in [1.165, 1.54) is 0 Å². The summed E-state index contributed by atoms with van der Waals surface area (Å²) in [5.41, 5.74) is -1.41. The molecule has 11 heteroatoms. The van der Waals surface area contributed by atoms with Crippen LogP contribution in [-0.4, -0.2) is 29.0 Å². The summed E-state index contributed by atoms with van der Waals surface area (Å²) >= 11 is 0. The molecule has 0 spiro atoms. The zero-order valence-electron chi connectivity index (χ0n) is 12.0. The summed E-state index contributed by atoms with van der Waals surface area (Å²) in [6.07, 6.45) is -0.907. The van der Waals surface area contributed by atoms with Gasteiger partial charge in [0.1, 0.15) is 12.6 Å². The molecule has 1 amide bonds. The molecule has 132 valence electrons. The number of carbonyl (C=O) groups excluding carboxylic acids is 2. The van der Waals surface area contributed by atoms with Crippen molar-refractivity contribution in [1.29, 1.82) is 0 Å². The Balaban J connectivity index is 2.97. The van der Waals surface area contributed by atoms with Crippen LogP contribution in [0.15, 0.2) is 0 Å². The molecular weight excluding hydrogens is 345 g/mol. The molecule has 1 rings (SSSR count). The maximum absolute atomic E-state index is 13.4. The Bertz CT molecular complexity index is 649. The Morgan fingerprint density at radius 2 is 1.46 bits per heavy atom. The highest BCUT2D eigenvalue weighted by molar-refractivity contribution is 5.86. The number of rotatable bonds is 6. The minimum atomic E-state index is -2.37. The lowest BCUT2D eigenvalue weighted by molar-refractivity contribution is -0.152. The summed E-state index contributed by atoms with van der Waals surface area (Å²) in [5, 5.41) is 10.5. The molecule has 1 aromatic rings. The highest BCUT2D eigenvalue weighted by atomic mass is 19.2. The molecule has 0 fully saturated rings. The number of hydrogen-bond acceptors (Lipinski definition) is 4. The van der Waals surface area contributed by atoms with Crippen molar-refractivity contribution in [2.24, 2.45) is 0 Å². The van der Waals surface area contributed by atoms with Crippen LogP contribution in [0, 0.1) is 29.1 Å². The minimum absolute atomic E-state index is 0.797. The van der Waals surface area contributed by atoms with Gasteiger partial charge in [0.2, 0.25) is 11.7 Å². The molecule has 0 radical (unpaired) electrons. The number of nitrogens with one attached hydrogen (secondary N) is 1. The largest absolute Gasteiger partial charge is 0.481 e. The second-order valence-electron chi connectivity index (χ2n) is 4.51. The number of amides is 1. The van der Waals surface area contributed by atoms with Crippen molar-refractivity contribution >= 4 is 17.8 Å². The van der Waals surface area contributed by atoms with Crippen LogP contribution in [0.25, 0.3) is 0 Å². The maximum Gasteiger partial charge on any atom is 0.329 e. The van der Waals surface area contributed by atoms with Gasteiger partial charge in [0.15, 0.2) is 23.3 Å². The summed E-state index contributed by atoms with van der Waals surface area (Å²) in [6.45, 7) is -0.382. The molecule has 0 aromatic heterocycles. The number of carboxylic acid groups (broad SMARTS) is 1. The summed E-state index contributed by atoms with van der Waals surface area (Å²) < 4.78 is 70.0. The van der Waals surface area contributed by atoms with Gasteiger partial charge in [-0.2, -0.15) is 0 Å². The molecule has 0 aliphatic rings. The predicted octanol–water partition coefficient (Wildman–Crippen LogP) is 1.40. The Morgan fingerprint density at radius 3 is 1.88 bits per heavy atom. The summed E-state index contributed by atoms with van der Waals surface area (Å²) in [7, 11) is 0. The molecule has 0 heterocycles. The van der Waals surface area contributed by atoms with Crippen molar-refractivity contribution in [2.75, 3.05) is 0 Å². The lowest BCUT2D eigenvalue weighted by atomic mass is 10.1. The standard InChI is InChI=1S/C13H10F5NO5/c1-4(20)19-6(2-7(21)22)13(23)24-3-5-8(14)10(16)12(18)11(17)9(5)15/h6H,2-3H2,1H3,(H,19,20)(H,21,22). The molecule has 1 aromatic carbocycles. The van der Waals surface area contributed by atoms with E-state index in [-0.39, 0.29) is 0 Å². The second kappa shape index (κ2) is 7.70. The summed E-state index contributed by atoms with van der Waals surface area (Å²) in [5.74, 6) is -14.9. The predicted molar refractivity (Wildman–Crippen MR) is 65.9 cm³/mol. The van der Waals surface area contributed by atoms with Crippen molar-refractivity contribution in [1.82, 2.24) is 5.32 Å². The van der Waals surface area contributed by atoms with E-state index < -0.39 is 71.6 Å². The lowest BCUT2D eigenvalue weighted by Crippen LogP contribution is -2.42. The average Bonchev–Trinajstić information content (AvgIpc) is 2.49. The van der Waals surface area contributed by atoms with Crippen LogP contribution in [0.3, 0.4) is 0 Å². The van der Waals surface area contributed by atoms with E-state index in [1.54, 1.807) is 0 Å². The zero-order valence-corrected chi connectivity index (χ0v) is 12.0. The molecule has 24 heavy (non-hydrogen) atoms. The van der Waals surface area contributed by atoms with Gasteiger partial charge < -0.3 is 15.2 Å². The molecule has 0 saturated heterocycles. The molecule has 0 bridgehead atoms. The first-order chi connectivity index (χ1) is 11.1. The van der Waals surface area contributed by atoms with Crippen molar-refractivity contribution in [2.45, 2.75) is 26.0 Å². The van der Waals surface area contributed by atoms with Crippen LogP contribution >= 0.6 is 0 Å². The molecule has 0 saturated carbocycles. The Kier molecular flexibility index (Phi) is 6.20. The third kappa shape index (κ3) is 4.40. The maximum atomic E-state index is 13.4. The van der Waals surface area contributed by atoms with Crippen LogP contribution in [0.2, 0.25) is 0 Å². The number of esters is 1. The van der Waals surface area contributed by atoms with E-state index in [0.29, 0.717) is 0 Å². The monoisotopic (exact) mass is 355 g/mol. The SMILES string of the molecule is CC(=O)NC(CC(=O)O)C(=O)OCc1c(F)c(F)c(F)c(F)c1F. The Hall–Kier alpha value is -2.72. The van der Waals surface area contributed by atoms with Gasteiger partial charge in [-0.05, 0) is 0 Å². The number of halogens is 5. The van der Waals surface area contributed by atoms with Crippen LogP contribution in [-0.2, 0) is 25.7 Å². The van der Waals surface area contributed by atoms with Gasteiger partial charge in [0.05, 0.1) is 12.0 Å². The van der Waals surface area contributed by atoms with E-state index in [9.17, 15) is 36.3 Å². The van der Waals surface area contributed by atoms with Crippen LogP contribution in [0.4, 0.5) is 22.0 Å². The second-order valence-corrected chi connectivity index (χ2v) is 4.51. The van der Waals surface area contributed by atoms with Crippen molar-refractivity contribution in [3.63, 3.8) is 0 Å². The quantitative estimate of drug-likeness (QED) is 0.348. The fourth-order valence-electron chi connectivity index (χ4n) is 1.63. The van der Waals surface area contributed by atoms with E-state index in [1.807, 2.05) is 5.32 Å². The number of hydrogen-bond donors (Lipinski definition) is 2. The van der Waals surface area contributed by atoms with Crippen LogP contribution < -0.4 is 5.32 Å². The van der Waals surface area contributed by atoms with Crippen molar-refractivity contribution in [3.05, 3.63) is 34.6 Å². The van der Waals surface area contributed by atoms with E-state index in [0.717, 1.165) is 6.92 Å². The van der Waals surface area contributed by atoms with Gasteiger partial charge in [0, 0.05) is 6.92 Å².